The molecule has 1 aliphatic heterocycles. The molecule has 2 heterocycles. The van der Waals surface area contributed by atoms with Gasteiger partial charge in [-0.05, 0) is 42.3 Å². The lowest BCUT2D eigenvalue weighted by atomic mass is 10.1. The molecule has 1 saturated heterocycles. The lowest BCUT2D eigenvalue weighted by Crippen LogP contribution is -2.48. The van der Waals surface area contributed by atoms with Gasteiger partial charge in [-0.3, -0.25) is 4.90 Å². The van der Waals surface area contributed by atoms with Gasteiger partial charge in [0.2, 0.25) is 0 Å². The Bertz CT molecular complexity index is 1090. The second-order valence-electron chi connectivity index (χ2n) is 7.88. The average molecular weight is 490 g/mol. The molecule has 2 amide bonds. The molecule has 2 aromatic carbocycles. The summed E-state index contributed by atoms with van der Waals surface area (Å²) in [6.07, 6.45) is -0.0792. The molecular formula is C23H25Cl2N5O3. The van der Waals surface area contributed by atoms with Crippen LogP contribution in [0.25, 0.3) is 11.5 Å². The van der Waals surface area contributed by atoms with Gasteiger partial charge < -0.3 is 19.9 Å². The van der Waals surface area contributed by atoms with Gasteiger partial charge in [0, 0.05) is 38.3 Å². The van der Waals surface area contributed by atoms with Crippen LogP contribution in [-0.4, -0.2) is 53.4 Å². The summed E-state index contributed by atoms with van der Waals surface area (Å²) in [7, 11) is 0. The number of hydrogen-bond acceptors (Lipinski definition) is 6. The number of ether oxygens (including phenoxy) is 1. The van der Waals surface area contributed by atoms with E-state index in [9.17, 15) is 4.79 Å². The van der Waals surface area contributed by atoms with Gasteiger partial charge in [-0.15, -0.1) is 0 Å². The van der Waals surface area contributed by atoms with Crippen LogP contribution < -0.4 is 10.6 Å². The van der Waals surface area contributed by atoms with Gasteiger partial charge in [-0.2, -0.15) is 4.98 Å². The van der Waals surface area contributed by atoms with Gasteiger partial charge in [0.05, 0.1) is 22.8 Å². The molecular weight excluding hydrogens is 465 g/mol. The molecule has 0 unspecified atom stereocenters. The number of nitrogens with one attached hydrogen (secondary N) is 2. The fourth-order valence-corrected chi connectivity index (χ4v) is 3.90. The molecule has 0 saturated carbocycles. The first kappa shape index (κ1) is 23.5. The van der Waals surface area contributed by atoms with Crippen molar-refractivity contribution in [1.29, 1.82) is 0 Å². The van der Waals surface area contributed by atoms with Crippen molar-refractivity contribution in [1.82, 2.24) is 25.7 Å². The molecule has 2 N–H and O–H groups in total. The highest BCUT2D eigenvalue weighted by Gasteiger charge is 2.21. The first-order chi connectivity index (χ1) is 16.0. The van der Waals surface area contributed by atoms with Crippen LogP contribution in [0.5, 0.6) is 0 Å². The van der Waals surface area contributed by atoms with Crippen LogP contribution in [0, 0.1) is 6.92 Å². The summed E-state index contributed by atoms with van der Waals surface area (Å²) in [4.78, 5) is 18.7. The molecule has 0 aliphatic carbocycles. The van der Waals surface area contributed by atoms with Crippen molar-refractivity contribution in [2.75, 3.05) is 26.2 Å². The summed E-state index contributed by atoms with van der Waals surface area (Å²) in [6.45, 7) is 5.51. The first-order valence-corrected chi connectivity index (χ1v) is 11.4. The van der Waals surface area contributed by atoms with Gasteiger partial charge in [0.25, 0.3) is 5.89 Å². The van der Waals surface area contributed by atoms with Crippen molar-refractivity contribution in [3.8, 4) is 11.5 Å². The van der Waals surface area contributed by atoms with E-state index in [1.165, 1.54) is 0 Å². The van der Waals surface area contributed by atoms with E-state index in [0.717, 1.165) is 36.3 Å². The van der Waals surface area contributed by atoms with E-state index in [1.54, 1.807) is 6.92 Å². The summed E-state index contributed by atoms with van der Waals surface area (Å²) >= 11 is 12.1. The third-order valence-electron chi connectivity index (χ3n) is 5.28. The lowest BCUT2D eigenvalue weighted by Gasteiger charge is -2.33. The molecule has 0 radical (unpaired) electrons. The Morgan fingerprint density at radius 2 is 1.91 bits per heavy atom. The quantitative estimate of drug-likeness (QED) is 0.519. The van der Waals surface area contributed by atoms with Crippen molar-refractivity contribution in [2.45, 2.75) is 26.1 Å². The second kappa shape index (κ2) is 11.0. The molecule has 1 aromatic heterocycles. The molecule has 1 fully saturated rings. The van der Waals surface area contributed by atoms with Crippen LogP contribution in [0.1, 0.15) is 17.0 Å². The highest BCUT2D eigenvalue weighted by atomic mass is 35.5. The number of morpholine rings is 1. The summed E-state index contributed by atoms with van der Waals surface area (Å²) < 4.78 is 11.0. The van der Waals surface area contributed by atoms with Crippen LogP contribution in [-0.2, 0) is 17.8 Å². The summed E-state index contributed by atoms with van der Waals surface area (Å²) in [5.41, 5.74) is 2.89. The maximum Gasteiger partial charge on any atom is 0.315 e. The fourth-order valence-electron chi connectivity index (χ4n) is 3.57. The van der Waals surface area contributed by atoms with Crippen molar-refractivity contribution < 1.29 is 14.1 Å². The van der Waals surface area contributed by atoms with Crippen molar-refractivity contribution in [2.24, 2.45) is 0 Å². The highest BCUT2D eigenvalue weighted by Crippen LogP contribution is 2.23. The molecule has 8 nitrogen and oxygen atoms in total. The third kappa shape index (κ3) is 6.68. The van der Waals surface area contributed by atoms with E-state index < -0.39 is 0 Å². The van der Waals surface area contributed by atoms with Crippen LogP contribution in [0.2, 0.25) is 10.0 Å². The molecule has 33 heavy (non-hydrogen) atoms. The Morgan fingerprint density at radius 1 is 1.12 bits per heavy atom. The normalized spacial score (nSPS) is 16.5. The van der Waals surface area contributed by atoms with E-state index in [0.29, 0.717) is 41.5 Å². The van der Waals surface area contributed by atoms with E-state index in [2.05, 4.69) is 25.7 Å². The molecule has 174 valence electrons. The van der Waals surface area contributed by atoms with Crippen molar-refractivity contribution in [3.63, 3.8) is 0 Å². The molecule has 0 bridgehead atoms. The minimum Gasteiger partial charge on any atom is -0.374 e. The standard InChI is InChI=1S/C23H25Cl2N5O3/c1-15-28-22(33-29-15)18-5-2-16(3-6-18)11-26-23(31)27-12-19-14-30(8-9-32-19)13-17-4-7-20(24)21(25)10-17/h2-7,10,19H,8-9,11-14H2,1H3,(H2,26,27,31)/t19-/m0/s1. The van der Waals surface area contributed by atoms with Crippen molar-refractivity contribution >= 4 is 29.2 Å². The Hall–Kier alpha value is -2.65. The SMILES string of the molecule is Cc1noc(-c2ccc(CNC(=O)NC[C@H]3CN(Cc4ccc(Cl)c(Cl)c4)CCO3)cc2)n1. The molecule has 0 spiro atoms. The van der Waals surface area contributed by atoms with E-state index in [1.807, 2.05) is 42.5 Å². The monoisotopic (exact) mass is 489 g/mol. The van der Waals surface area contributed by atoms with Gasteiger partial charge in [0.1, 0.15) is 0 Å². The predicted molar refractivity (Wildman–Crippen MR) is 126 cm³/mol. The van der Waals surface area contributed by atoms with Gasteiger partial charge in [-0.25, -0.2) is 4.79 Å². The van der Waals surface area contributed by atoms with Gasteiger partial charge in [-0.1, -0.05) is 46.6 Å². The number of hydrogen-bond donors (Lipinski definition) is 2. The number of halogens is 2. The van der Waals surface area contributed by atoms with Crippen LogP contribution in [0.3, 0.4) is 0 Å². The topological polar surface area (TPSA) is 92.5 Å². The number of urea groups is 1. The van der Waals surface area contributed by atoms with E-state index >= 15 is 0 Å². The number of aryl methyl sites for hydroxylation is 1. The molecule has 3 aromatic rings. The zero-order valence-electron chi connectivity index (χ0n) is 18.2. The largest absolute Gasteiger partial charge is 0.374 e. The maximum absolute atomic E-state index is 12.2. The number of nitrogens with zero attached hydrogens (tertiary/aromatic N) is 3. The van der Waals surface area contributed by atoms with Crippen LogP contribution in [0.15, 0.2) is 47.0 Å². The number of carbonyl (C=O) groups excluding carboxylic acids is 1. The zero-order chi connectivity index (χ0) is 23.2. The predicted octanol–water partition coefficient (Wildman–Crippen LogP) is 4.05. The number of carbonyl (C=O) groups is 1. The Kier molecular flexibility index (Phi) is 7.82. The number of aromatic nitrogens is 2. The van der Waals surface area contributed by atoms with Gasteiger partial charge >= 0.3 is 6.03 Å². The fraction of sp³-hybridized carbons (Fsp3) is 0.348. The molecule has 4 rings (SSSR count). The minimum atomic E-state index is -0.239. The average Bonchev–Trinajstić information content (AvgIpc) is 3.25. The van der Waals surface area contributed by atoms with E-state index in [4.69, 9.17) is 32.5 Å². The molecule has 1 atom stereocenters. The highest BCUT2D eigenvalue weighted by molar-refractivity contribution is 6.42. The van der Waals surface area contributed by atoms with Crippen LogP contribution in [0.4, 0.5) is 4.79 Å². The summed E-state index contributed by atoms with van der Waals surface area (Å²) in [6, 6.07) is 13.0. The molecule has 1 aliphatic rings. The maximum atomic E-state index is 12.2. The second-order valence-corrected chi connectivity index (χ2v) is 8.70. The smallest absolute Gasteiger partial charge is 0.315 e. The Balaban J connectivity index is 1.19. The minimum absolute atomic E-state index is 0.0792. The number of rotatable bonds is 7. The number of benzene rings is 2. The zero-order valence-corrected chi connectivity index (χ0v) is 19.7. The summed E-state index contributed by atoms with van der Waals surface area (Å²) in [5, 5.41) is 10.6. The van der Waals surface area contributed by atoms with Gasteiger partial charge in [0.15, 0.2) is 5.82 Å². The van der Waals surface area contributed by atoms with E-state index in [-0.39, 0.29) is 12.1 Å². The lowest BCUT2D eigenvalue weighted by molar-refractivity contribution is -0.0287. The first-order valence-electron chi connectivity index (χ1n) is 10.7. The number of amides is 2. The van der Waals surface area contributed by atoms with Crippen molar-refractivity contribution in [3.05, 3.63) is 69.5 Å². The Morgan fingerprint density at radius 3 is 2.64 bits per heavy atom. The Labute approximate surface area is 202 Å². The van der Waals surface area contributed by atoms with Crippen LogP contribution >= 0.6 is 23.2 Å². The summed E-state index contributed by atoms with van der Waals surface area (Å²) in [5.74, 6) is 1.07. The third-order valence-corrected chi connectivity index (χ3v) is 6.02. The molecule has 10 heteroatoms.